The first-order valence-corrected chi connectivity index (χ1v) is 6.65. The molecule has 0 radical (unpaired) electrons. The average Bonchev–Trinajstić information content (AvgIpc) is 2.74. The first-order chi connectivity index (χ1) is 7.56. The lowest BCUT2D eigenvalue weighted by molar-refractivity contribution is -0.141. The molecule has 0 aromatic carbocycles. The summed E-state index contributed by atoms with van der Waals surface area (Å²) in [4.78, 5) is 24.0. The van der Waals surface area contributed by atoms with Crippen LogP contribution >= 0.6 is 11.8 Å². The fourth-order valence-electron chi connectivity index (χ4n) is 1.68. The van der Waals surface area contributed by atoms with Crippen LogP contribution in [0.2, 0.25) is 0 Å². The smallest absolute Gasteiger partial charge is 0.326 e. The fourth-order valence-corrected chi connectivity index (χ4v) is 1.93. The highest BCUT2D eigenvalue weighted by molar-refractivity contribution is 7.99. The van der Waals surface area contributed by atoms with Gasteiger partial charge in [-0.05, 0) is 19.1 Å². The predicted molar refractivity (Wildman–Crippen MR) is 63.7 cm³/mol. The Hall–Kier alpha value is -0.910. The van der Waals surface area contributed by atoms with Gasteiger partial charge in [-0.15, -0.1) is 0 Å². The number of carboxylic acid groups (broad SMARTS) is 1. The second-order valence-corrected chi connectivity index (χ2v) is 5.20. The van der Waals surface area contributed by atoms with Crippen molar-refractivity contribution in [1.82, 2.24) is 10.2 Å². The van der Waals surface area contributed by atoms with Crippen LogP contribution in [-0.4, -0.2) is 52.6 Å². The third-order valence-electron chi connectivity index (χ3n) is 2.74. The van der Waals surface area contributed by atoms with E-state index in [0.717, 1.165) is 6.42 Å². The zero-order chi connectivity index (χ0) is 12.1. The number of rotatable bonds is 4. The second kappa shape index (κ2) is 5.98. The molecule has 2 amide bonds. The lowest BCUT2D eigenvalue weighted by atomic mass is 10.2. The van der Waals surface area contributed by atoms with E-state index >= 15 is 0 Å². The summed E-state index contributed by atoms with van der Waals surface area (Å²) in [6, 6.07) is -0.907. The minimum absolute atomic E-state index is 0.259. The maximum atomic E-state index is 11.7. The molecule has 5 nitrogen and oxygen atoms in total. The summed E-state index contributed by atoms with van der Waals surface area (Å²) >= 11 is 1.67. The van der Waals surface area contributed by atoms with Gasteiger partial charge in [0.15, 0.2) is 0 Å². The Bertz CT molecular complexity index is 273. The van der Waals surface area contributed by atoms with Gasteiger partial charge in [-0.3, -0.25) is 0 Å². The van der Waals surface area contributed by atoms with Gasteiger partial charge < -0.3 is 15.3 Å². The topological polar surface area (TPSA) is 69.6 Å². The van der Waals surface area contributed by atoms with Crippen molar-refractivity contribution in [2.24, 2.45) is 0 Å². The highest BCUT2D eigenvalue weighted by atomic mass is 32.2. The Morgan fingerprint density at radius 1 is 1.62 bits per heavy atom. The third kappa shape index (κ3) is 3.30. The summed E-state index contributed by atoms with van der Waals surface area (Å²) in [5.74, 6) is -0.912. The Balaban J connectivity index is 2.44. The minimum atomic E-state index is -0.912. The van der Waals surface area contributed by atoms with Crippen LogP contribution in [0.4, 0.5) is 4.79 Å². The summed E-state index contributed by atoms with van der Waals surface area (Å²) < 4.78 is 0. The largest absolute Gasteiger partial charge is 0.480 e. The SMILES string of the molecule is CSC(C)CNC(=O)N1CCCC1C(=O)O. The van der Waals surface area contributed by atoms with Gasteiger partial charge in [-0.2, -0.15) is 11.8 Å². The zero-order valence-corrected chi connectivity index (χ0v) is 10.4. The lowest BCUT2D eigenvalue weighted by Gasteiger charge is -2.22. The number of carboxylic acids is 1. The second-order valence-electron chi connectivity index (χ2n) is 3.92. The highest BCUT2D eigenvalue weighted by Crippen LogP contribution is 2.17. The van der Waals surface area contributed by atoms with Crippen molar-refractivity contribution in [3.05, 3.63) is 0 Å². The van der Waals surface area contributed by atoms with Crippen molar-refractivity contribution in [2.75, 3.05) is 19.3 Å². The molecule has 2 N–H and O–H groups in total. The predicted octanol–water partition coefficient (Wildman–Crippen LogP) is 0.996. The van der Waals surface area contributed by atoms with Crippen LogP contribution in [0.5, 0.6) is 0 Å². The monoisotopic (exact) mass is 246 g/mol. The molecular weight excluding hydrogens is 228 g/mol. The van der Waals surface area contributed by atoms with Crippen molar-refractivity contribution < 1.29 is 14.7 Å². The molecule has 1 saturated heterocycles. The molecule has 1 aliphatic heterocycles. The van der Waals surface area contributed by atoms with E-state index in [1.165, 1.54) is 4.90 Å². The number of thioether (sulfide) groups is 1. The van der Waals surface area contributed by atoms with Crippen molar-refractivity contribution in [1.29, 1.82) is 0 Å². The molecule has 1 rings (SSSR count). The van der Waals surface area contributed by atoms with Gasteiger partial charge in [0.25, 0.3) is 0 Å². The van der Waals surface area contributed by atoms with E-state index in [9.17, 15) is 9.59 Å². The van der Waals surface area contributed by atoms with Gasteiger partial charge in [0.2, 0.25) is 0 Å². The highest BCUT2D eigenvalue weighted by Gasteiger charge is 2.33. The average molecular weight is 246 g/mol. The molecule has 0 spiro atoms. The zero-order valence-electron chi connectivity index (χ0n) is 9.60. The third-order valence-corrected chi connectivity index (χ3v) is 3.71. The number of aliphatic carboxylic acids is 1. The van der Waals surface area contributed by atoms with Gasteiger partial charge in [0.05, 0.1) is 0 Å². The number of carbonyl (C=O) groups is 2. The van der Waals surface area contributed by atoms with Crippen LogP contribution in [0.3, 0.4) is 0 Å². The summed E-state index contributed by atoms with van der Waals surface area (Å²) in [5, 5.41) is 12.0. The summed E-state index contributed by atoms with van der Waals surface area (Å²) in [6.45, 7) is 3.13. The molecule has 0 saturated carbocycles. The van der Waals surface area contributed by atoms with E-state index in [1.807, 2.05) is 13.2 Å². The van der Waals surface area contributed by atoms with E-state index in [1.54, 1.807) is 11.8 Å². The number of amides is 2. The molecule has 0 aliphatic carbocycles. The van der Waals surface area contributed by atoms with Crippen LogP contribution in [0.25, 0.3) is 0 Å². The van der Waals surface area contributed by atoms with Crippen LogP contribution in [0.1, 0.15) is 19.8 Å². The Kier molecular flexibility index (Phi) is 4.92. The van der Waals surface area contributed by atoms with E-state index in [2.05, 4.69) is 5.32 Å². The number of nitrogens with one attached hydrogen (secondary N) is 1. The first kappa shape index (κ1) is 13.2. The Morgan fingerprint density at radius 3 is 2.88 bits per heavy atom. The standard InChI is InChI=1S/C10H18N2O3S/c1-7(16-2)6-11-10(15)12-5-3-4-8(12)9(13)14/h7-8H,3-6H2,1-2H3,(H,11,15)(H,13,14). The van der Waals surface area contributed by atoms with Crippen LogP contribution in [0.15, 0.2) is 0 Å². The molecule has 1 fully saturated rings. The molecule has 2 atom stereocenters. The molecule has 1 heterocycles. The summed E-state index contributed by atoms with van der Waals surface area (Å²) in [5.41, 5.74) is 0. The van der Waals surface area contributed by atoms with Gasteiger partial charge in [-0.25, -0.2) is 9.59 Å². The number of likely N-dealkylation sites (tertiary alicyclic amines) is 1. The maximum Gasteiger partial charge on any atom is 0.326 e. The van der Waals surface area contributed by atoms with Gasteiger partial charge in [0.1, 0.15) is 6.04 Å². The molecule has 0 aromatic rings. The molecule has 2 unspecified atom stereocenters. The normalized spacial score (nSPS) is 21.9. The van der Waals surface area contributed by atoms with E-state index in [-0.39, 0.29) is 6.03 Å². The van der Waals surface area contributed by atoms with Gasteiger partial charge >= 0.3 is 12.0 Å². The maximum absolute atomic E-state index is 11.7. The quantitative estimate of drug-likeness (QED) is 0.776. The molecule has 6 heteroatoms. The number of carbonyl (C=O) groups excluding carboxylic acids is 1. The van der Waals surface area contributed by atoms with Gasteiger partial charge in [-0.1, -0.05) is 6.92 Å². The number of hydrogen-bond donors (Lipinski definition) is 2. The molecule has 92 valence electrons. The van der Waals surface area contributed by atoms with Crippen molar-refractivity contribution in [3.63, 3.8) is 0 Å². The van der Waals surface area contributed by atoms with Gasteiger partial charge in [0, 0.05) is 18.3 Å². The molecule has 0 bridgehead atoms. The van der Waals surface area contributed by atoms with Crippen LogP contribution in [0, 0.1) is 0 Å². The molecule has 16 heavy (non-hydrogen) atoms. The van der Waals surface area contributed by atoms with Crippen LogP contribution in [-0.2, 0) is 4.79 Å². The van der Waals surface area contributed by atoms with E-state index in [4.69, 9.17) is 5.11 Å². The van der Waals surface area contributed by atoms with Crippen molar-refractivity contribution >= 4 is 23.8 Å². The number of nitrogens with zero attached hydrogens (tertiary/aromatic N) is 1. The Labute approximate surface area is 99.6 Å². The number of urea groups is 1. The van der Waals surface area contributed by atoms with Crippen molar-refractivity contribution in [2.45, 2.75) is 31.1 Å². The van der Waals surface area contributed by atoms with Crippen LogP contribution < -0.4 is 5.32 Å². The number of hydrogen-bond acceptors (Lipinski definition) is 3. The molecule has 0 aromatic heterocycles. The minimum Gasteiger partial charge on any atom is -0.480 e. The fraction of sp³-hybridized carbons (Fsp3) is 0.800. The lowest BCUT2D eigenvalue weighted by Crippen LogP contribution is -2.47. The summed E-state index contributed by atoms with van der Waals surface area (Å²) in [7, 11) is 0. The summed E-state index contributed by atoms with van der Waals surface area (Å²) in [6.07, 6.45) is 3.30. The molecular formula is C10H18N2O3S. The van der Waals surface area contributed by atoms with E-state index in [0.29, 0.717) is 24.8 Å². The molecule has 1 aliphatic rings. The Morgan fingerprint density at radius 2 is 2.31 bits per heavy atom. The first-order valence-electron chi connectivity index (χ1n) is 5.36. The van der Waals surface area contributed by atoms with Crippen molar-refractivity contribution in [3.8, 4) is 0 Å². The van der Waals surface area contributed by atoms with E-state index < -0.39 is 12.0 Å².